The number of carbonyl (C=O) groups excluding carboxylic acids is 1. The van der Waals surface area contributed by atoms with Gasteiger partial charge in [0.15, 0.2) is 0 Å². The Labute approximate surface area is 110 Å². The van der Waals surface area contributed by atoms with Crippen molar-refractivity contribution in [1.82, 2.24) is 0 Å². The van der Waals surface area contributed by atoms with Crippen molar-refractivity contribution in [3.63, 3.8) is 0 Å². The Bertz CT molecular complexity index is 414. The molecule has 5 rings (SSSR count). The van der Waals surface area contributed by atoms with Gasteiger partial charge in [0.05, 0.1) is 0 Å². The predicted molar refractivity (Wildman–Crippen MR) is 69.9 cm³/mol. The van der Waals surface area contributed by atoms with E-state index in [1.165, 1.54) is 57.8 Å². The third kappa shape index (κ3) is 0.980. The van der Waals surface area contributed by atoms with Crippen LogP contribution in [0, 0.1) is 40.9 Å². The Balaban J connectivity index is 1.66. The lowest BCUT2D eigenvalue weighted by molar-refractivity contribution is -0.139. The SMILES string of the molecule is O=C1[C@H]2CCCC[C@H]1[C@@]13C[C@H]2C[C@H]1[C@H]1CC[C@H]3C1. The average molecular weight is 244 g/mol. The van der Waals surface area contributed by atoms with Crippen LogP contribution in [0.1, 0.15) is 57.8 Å². The van der Waals surface area contributed by atoms with Crippen molar-refractivity contribution in [3.05, 3.63) is 0 Å². The van der Waals surface area contributed by atoms with Crippen molar-refractivity contribution in [2.75, 3.05) is 0 Å². The molecule has 0 aliphatic heterocycles. The maximum absolute atomic E-state index is 12.9. The van der Waals surface area contributed by atoms with E-state index in [1.807, 2.05) is 0 Å². The summed E-state index contributed by atoms with van der Waals surface area (Å²) in [6.07, 6.45) is 12.5. The highest BCUT2D eigenvalue weighted by atomic mass is 16.1. The zero-order valence-electron chi connectivity index (χ0n) is 11.2. The molecule has 5 fully saturated rings. The Morgan fingerprint density at radius 3 is 2.78 bits per heavy atom. The van der Waals surface area contributed by atoms with Crippen LogP contribution >= 0.6 is 0 Å². The summed E-state index contributed by atoms with van der Waals surface area (Å²) < 4.78 is 0. The number of hydrogen-bond acceptors (Lipinski definition) is 1. The Kier molecular flexibility index (Phi) is 1.87. The highest BCUT2D eigenvalue weighted by Crippen LogP contribution is 2.74. The molecule has 1 nitrogen and oxygen atoms in total. The molecular formula is C17H24O. The Hall–Kier alpha value is -0.330. The van der Waals surface area contributed by atoms with E-state index in [0.29, 0.717) is 17.3 Å². The third-order valence-corrected chi connectivity index (χ3v) is 7.85. The van der Waals surface area contributed by atoms with Crippen LogP contribution in [0.4, 0.5) is 0 Å². The van der Waals surface area contributed by atoms with Crippen LogP contribution in [0.3, 0.4) is 0 Å². The molecule has 1 heteroatoms. The molecule has 5 saturated carbocycles. The first-order chi connectivity index (χ1) is 8.80. The highest BCUT2D eigenvalue weighted by molar-refractivity contribution is 5.86. The van der Waals surface area contributed by atoms with Gasteiger partial charge in [-0.3, -0.25) is 4.79 Å². The first-order valence-electron chi connectivity index (χ1n) is 8.34. The maximum atomic E-state index is 12.9. The lowest BCUT2D eigenvalue weighted by Crippen LogP contribution is -2.47. The number of carbonyl (C=O) groups is 1. The zero-order valence-corrected chi connectivity index (χ0v) is 11.2. The van der Waals surface area contributed by atoms with Crippen LogP contribution in [0.15, 0.2) is 0 Å². The van der Waals surface area contributed by atoms with Gasteiger partial charge in [0.1, 0.15) is 5.78 Å². The molecule has 0 heterocycles. The molecule has 18 heavy (non-hydrogen) atoms. The second-order valence-electron chi connectivity index (χ2n) is 8.03. The molecule has 0 aromatic heterocycles. The van der Waals surface area contributed by atoms with Gasteiger partial charge in [0.25, 0.3) is 0 Å². The largest absolute Gasteiger partial charge is 0.299 e. The van der Waals surface area contributed by atoms with E-state index in [9.17, 15) is 4.79 Å². The van der Waals surface area contributed by atoms with E-state index < -0.39 is 0 Å². The lowest BCUT2D eigenvalue weighted by atomic mass is 9.55. The van der Waals surface area contributed by atoms with Crippen LogP contribution in [-0.2, 0) is 4.79 Å². The number of rotatable bonds is 0. The van der Waals surface area contributed by atoms with Crippen molar-refractivity contribution in [2.45, 2.75) is 57.8 Å². The number of Topliss-reactive ketones (excluding diaryl/α,β-unsaturated/α-hetero) is 1. The van der Waals surface area contributed by atoms with Crippen molar-refractivity contribution in [3.8, 4) is 0 Å². The van der Waals surface area contributed by atoms with E-state index in [4.69, 9.17) is 0 Å². The van der Waals surface area contributed by atoms with Gasteiger partial charge in [0.2, 0.25) is 0 Å². The van der Waals surface area contributed by atoms with Crippen LogP contribution in [0.2, 0.25) is 0 Å². The first-order valence-corrected chi connectivity index (χ1v) is 8.34. The molecule has 6 bridgehead atoms. The molecule has 5 aliphatic rings. The van der Waals surface area contributed by atoms with Crippen LogP contribution in [0.25, 0.3) is 0 Å². The molecule has 1 spiro atoms. The van der Waals surface area contributed by atoms with Crippen LogP contribution in [-0.4, -0.2) is 5.78 Å². The van der Waals surface area contributed by atoms with Crippen LogP contribution in [0.5, 0.6) is 0 Å². The molecule has 0 radical (unpaired) electrons. The van der Waals surface area contributed by atoms with Gasteiger partial charge in [-0.25, -0.2) is 0 Å². The summed E-state index contributed by atoms with van der Waals surface area (Å²) in [6.45, 7) is 0. The topological polar surface area (TPSA) is 17.1 Å². The first kappa shape index (κ1) is 10.5. The molecule has 0 amide bonds. The van der Waals surface area contributed by atoms with Gasteiger partial charge in [-0.15, -0.1) is 0 Å². The van der Waals surface area contributed by atoms with E-state index in [2.05, 4.69) is 0 Å². The van der Waals surface area contributed by atoms with E-state index in [-0.39, 0.29) is 0 Å². The summed E-state index contributed by atoms with van der Waals surface area (Å²) in [5, 5.41) is 0. The molecular weight excluding hydrogens is 220 g/mol. The van der Waals surface area contributed by atoms with Gasteiger partial charge in [0, 0.05) is 11.8 Å². The van der Waals surface area contributed by atoms with Gasteiger partial charge in [-0.05, 0) is 74.0 Å². The summed E-state index contributed by atoms with van der Waals surface area (Å²) >= 11 is 0. The number of fused-ring (bicyclic) bond motifs is 7. The number of hydrogen-bond donors (Lipinski definition) is 0. The van der Waals surface area contributed by atoms with Crippen molar-refractivity contribution >= 4 is 5.78 Å². The smallest absolute Gasteiger partial charge is 0.139 e. The van der Waals surface area contributed by atoms with Gasteiger partial charge in [-0.1, -0.05) is 12.8 Å². The lowest BCUT2D eigenvalue weighted by Gasteiger charge is -2.48. The fourth-order valence-electron chi connectivity index (χ4n) is 7.45. The molecule has 0 N–H and O–H groups in total. The van der Waals surface area contributed by atoms with Crippen molar-refractivity contribution < 1.29 is 4.79 Å². The molecule has 0 aromatic rings. The summed E-state index contributed by atoms with van der Waals surface area (Å²) in [6, 6.07) is 0. The predicted octanol–water partition coefficient (Wildman–Crippen LogP) is 3.82. The number of ketones is 1. The normalized spacial score (nSPS) is 60.8. The monoisotopic (exact) mass is 244 g/mol. The fourth-order valence-corrected chi connectivity index (χ4v) is 7.45. The molecule has 0 saturated heterocycles. The summed E-state index contributed by atoms with van der Waals surface area (Å²) in [4.78, 5) is 12.9. The van der Waals surface area contributed by atoms with Gasteiger partial charge in [-0.2, -0.15) is 0 Å². The molecule has 98 valence electrons. The minimum Gasteiger partial charge on any atom is -0.299 e. The third-order valence-electron chi connectivity index (χ3n) is 7.85. The van der Waals surface area contributed by atoms with E-state index in [0.717, 1.165) is 29.5 Å². The molecule has 5 aliphatic carbocycles. The highest BCUT2D eigenvalue weighted by Gasteiger charge is 2.69. The second-order valence-corrected chi connectivity index (χ2v) is 8.03. The quantitative estimate of drug-likeness (QED) is 0.633. The standard InChI is InChI=1S/C17H24O/c18-16-13-3-1-2-4-14(16)17-9-11(13)8-15(17)10-5-6-12(17)7-10/h10-15H,1-9H2/t10-,11+,12-,13-,14+,15-,17-/m0/s1. The zero-order chi connectivity index (χ0) is 11.9. The summed E-state index contributed by atoms with van der Waals surface area (Å²) in [7, 11) is 0. The molecule has 0 aromatic carbocycles. The van der Waals surface area contributed by atoms with Crippen molar-refractivity contribution in [1.29, 1.82) is 0 Å². The fraction of sp³-hybridized carbons (Fsp3) is 0.941. The Morgan fingerprint density at radius 1 is 0.944 bits per heavy atom. The molecule has 7 atom stereocenters. The Morgan fingerprint density at radius 2 is 1.83 bits per heavy atom. The van der Waals surface area contributed by atoms with Gasteiger partial charge < -0.3 is 0 Å². The summed E-state index contributed by atoms with van der Waals surface area (Å²) in [5.41, 5.74) is 0.533. The van der Waals surface area contributed by atoms with Crippen LogP contribution < -0.4 is 0 Å². The van der Waals surface area contributed by atoms with Crippen molar-refractivity contribution in [2.24, 2.45) is 40.9 Å². The minimum atomic E-state index is 0.494. The van der Waals surface area contributed by atoms with E-state index >= 15 is 0 Å². The summed E-state index contributed by atoms with van der Waals surface area (Å²) in [5.74, 6) is 5.48. The average Bonchev–Trinajstić information content (AvgIpc) is 3.00. The minimum absolute atomic E-state index is 0.494. The maximum Gasteiger partial charge on any atom is 0.139 e. The molecule has 0 unspecified atom stereocenters. The van der Waals surface area contributed by atoms with Gasteiger partial charge >= 0.3 is 0 Å². The second kappa shape index (κ2) is 3.22. The van der Waals surface area contributed by atoms with E-state index in [1.54, 1.807) is 0 Å².